The summed E-state index contributed by atoms with van der Waals surface area (Å²) < 4.78 is 6.73. The van der Waals surface area contributed by atoms with E-state index in [1.807, 2.05) is 24.4 Å². The van der Waals surface area contributed by atoms with Crippen molar-refractivity contribution in [2.24, 2.45) is 0 Å². The number of hydrogen-bond acceptors (Lipinski definition) is 8. The van der Waals surface area contributed by atoms with Crippen LogP contribution in [0.2, 0.25) is 0 Å². The first kappa shape index (κ1) is 20.6. The fraction of sp³-hybridized carbons (Fsp3) is 0.375. The topological polar surface area (TPSA) is 93.1 Å². The minimum atomic E-state index is 0.598. The molecular weight excluding hydrogens is 434 g/mol. The number of aromatic nitrogens is 3. The van der Waals surface area contributed by atoms with Crippen LogP contribution in [-0.2, 0) is 11.3 Å². The van der Waals surface area contributed by atoms with Gasteiger partial charge in [-0.25, -0.2) is 9.97 Å². The summed E-state index contributed by atoms with van der Waals surface area (Å²) in [6.45, 7) is 8.17. The van der Waals surface area contributed by atoms with Crippen LogP contribution in [-0.4, -0.2) is 72.3 Å². The first-order valence-electron chi connectivity index (χ1n) is 11.4. The second-order valence-electron chi connectivity index (χ2n) is 8.50. The van der Waals surface area contributed by atoms with E-state index in [2.05, 4.69) is 32.2 Å². The molecule has 8 nitrogen and oxygen atoms in total. The van der Waals surface area contributed by atoms with Crippen LogP contribution < -0.4 is 10.2 Å². The van der Waals surface area contributed by atoms with E-state index in [1.54, 1.807) is 11.3 Å². The van der Waals surface area contributed by atoms with Crippen LogP contribution in [0.25, 0.3) is 32.5 Å². The summed E-state index contributed by atoms with van der Waals surface area (Å²) in [5, 5.41) is 14.0. The van der Waals surface area contributed by atoms with Gasteiger partial charge in [0, 0.05) is 73.4 Å². The molecule has 2 aliphatic heterocycles. The highest BCUT2D eigenvalue weighted by Gasteiger charge is 2.22. The molecule has 0 saturated carbocycles. The van der Waals surface area contributed by atoms with Crippen molar-refractivity contribution in [2.75, 3.05) is 57.4 Å². The number of fused-ring (bicyclic) bond motifs is 2. The maximum atomic E-state index is 9.56. The highest BCUT2D eigenvalue weighted by Crippen LogP contribution is 2.36. The predicted molar refractivity (Wildman–Crippen MR) is 131 cm³/mol. The smallest absolute Gasteiger partial charge is 0.162 e. The third-order valence-corrected chi connectivity index (χ3v) is 7.45. The number of anilines is 1. The molecule has 0 atom stereocenters. The van der Waals surface area contributed by atoms with E-state index in [4.69, 9.17) is 14.7 Å². The zero-order valence-corrected chi connectivity index (χ0v) is 19.1. The van der Waals surface area contributed by atoms with Gasteiger partial charge in [-0.1, -0.05) is 0 Å². The zero-order valence-electron chi connectivity index (χ0n) is 18.3. The molecule has 2 N–H and O–H groups in total. The van der Waals surface area contributed by atoms with Crippen molar-refractivity contribution < 1.29 is 4.74 Å². The molecule has 2 saturated heterocycles. The van der Waals surface area contributed by atoms with Crippen LogP contribution >= 0.6 is 11.3 Å². The van der Waals surface area contributed by atoms with Gasteiger partial charge in [0.1, 0.15) is 0 Å². The summed E-state index contributed by atoms with van der Waals surface area (Å²) in [6, 6.07) is 10.3. The standard InChI is InChI=1S/C24H25N7OS/c25-14-16-11-19(18-1-2-27-20(18)12-16)23-28-21-13-17(15-30-5-3-26-4-6-30)33-22(21)24(29-23)31-7-9-32-10-8-31/h1-2,11-13,26-27H,3-10,15H2. The minimum Gasteiger partial charge on any atom is -0.378 e. The molecule has 1 aromatic carbocycles. The summed E-state index contributed by atoms with van der Waals surface area (Å²) in [5.74, 6) is 1.64. The molecule has 3 aromatic heterocycles. The van der Waals surface area contributed by atoms with Crippen LogP contribution in [0, 0.1) is 11.3 Å². The summed E-state index contributed by atoms with van der Waals surface area (Å²) in [6.07, 6.45) is 1.90. The van der Waals surface area contributed by atoms with Gasteiger partial charge in [-0.05, 0) is 24.3 Å². The maximum absolute atomic E-state index is 9.56. The summed E-state index contributed by atoms with van der Waals surface area (Å²) in [5.41, 5.74) is 3.38. The molecule has 4 aromatic rings. The summed E-state index contributed by atoms with van der Waals surface area (Å²) in [4.78, 5) is 19.4. The van der Waals surface area contributed by atoms with E-state index in [9.17, 15) is 5.26 Å². The molecule has 0 unspecified atom stereocenters. The predicted octanol–water partition coefficient (Wildman–Crippen LogP) is 2.95. The van der Waals surface area contributed by atoms with Gasteiger partial charge in [0.25, 0.3) is 0 Å². The normalized spacial score (nSPS) is 17.6. The Hall–Kier alpha value is -3.03. The van der Waals surface area contributed by atoms with Crippen LogP contribution in [0.3, 0.4) is 0 Å². The number of ether oxygens (including phenoxy) is 1. The maximum Gasteiger partial charge on any atom is 0.162 e. The van der Waals surface area contributed by atoms with Gasteiger partial charge in [-0.2, -0.15) is 5.26 Å². The van der Waals surface area contributed by atoms with Crippen molar-refractivity contribution in [3.8, 4) is 17.5 Å². The lowest BCUT2D eigenvalue weighted by molar-refractivity contribution is 0.122. The molecule has 2 aliphatic rings. The molecule has 6 rings (SSSR count). The zero-order chi connectivity index (χ0) is 22.2. The highest BCUT2D eigenvalue weighted by atomic mass is 32.1. The number of morpholine rings is 1. The molecule has 0 bridgehead atoms. The fourth-order valence-corrected chi connectivity index (χ4v) is 5.81. The largest absolute Gasteiger partial charge is 0.378 e. The van der Waals surface area contributed by atoms with Crippen molar-refractivity contribution >= 4 is 38.3 Å². The van der Waals surface area contributed by atoms with Crippen molar-refractivity contribution in [1.29, 1.82) is 5.26 Å². The van der Waals surface area contributed by atoms with E-state index in [-0.39, 0.29) is 0 Å². The summed E-state index contributed by atoms with van der Waals surface area (Å²) >= 11 is 1.80. The molecule has 0 spiro atoms. The number of hydrogen-bond donors (Lipinski definition) is 2. The van der Waals surface area contributed by atoms with Crippen molar-refractivity contribution in [3.05, 3.63) is 40.9 Å². The molecule has 2 fully saturated rings. The van der Waals surface area contributed by atoms with E-state index < -0.39 is 0 Å². The molecule has 33 heavy (non-hydrogen) atoms. The average Bonchev–Trinajstić information content (AvgIpc) is 3.50. The Morgan fingerprint density at radius 1 is 1.09 bits per heavy atom. The Bertz CT molecular complexity index is 1340. The first-order chi connectivity index (χ1) is 16.3. The van der Waals surface area contributed by atoms with E-state index in [1.165, 1.54) is 4.88 Å². The lowest BCUT2D eigenvalue weighted by Crippen LogP contribution is -2.42. The third-order valence-electron chi connectivity index (χ3n) is 6.34. The van der Waals surface area contributed by atoms with Crippen LogP contribution in [0.4, 0.5) is 5.82 Å². The van der Waals surface area contributed by atoms with Crippen molar-refractivity contribution in [3.63, 3.8) is 0 Å². The number of H-pyrrole nitrogens is 1. The Kier molecular flexibility index (Phi) is 5.44. The molecule has 0 radical (unpaired) electrons. The van der Waals surface area contributed by atoms with Gasteiger partial charge in [-0.15, -0.1) is 11.3 Å². The van der Waals surface area contributed by atoms with Crippen LogP contribution in [0.5, 0.6) is 0 Å². The van der Waals surface area contributed by atoms with E-state index in [0.29, 0.717) is 24.6 Å². The van der Waals surface area contributed by atoms with Gasteiger partial charge in [-0.3, -0.25) is 4.90 Å². The van der Waals surface area contributed by atoms with Gasteiger partial charge < -0.3 is 19.9 Å². The second kappa shape index (κ2) is 8.72. The van der Waals surface area contributed by atoms with Crippen LogP contribution in [0.15, 0.2) is 30.5 Å². The Morgan fingerprint density at radius 2 is 1.94 bits per heavy atom. The van der Waals surface area contributed by atoms with E-state index >= 15 is 0 Å². The number of thiophene rings is 1. The molecule has 0 amide bonds. The number of rotatable bonds is 4. The van der Waals surface area contributed by atoms with Crippen LogP contribution in [0.1, 0.15) is 10.4 Å². The van der Waals surface area contributed by atoms with E-state index in [0.717, 1.165) is 78.3 Å². The van der Waals surface area contributed by atoms with Crippen molar-refractivity contribution in [2.45, 2.75) is 6.54 Å². The molecule has 5 heterocycles. The Labute approximate surface area is 195 Å². The first-order valence-corrected chi connectivity index (χ1v) is 12.2. The molecule has 9 heteroatoms. The Morgan fingerprint density at radius 3 is 2.76 bits per heavy atom. The number of nitrogens with zero attached hydrogens (tertiary/aromatic N) is 5. The van der Waals surface area contributed by atoms with Gasteiger partial charge in [0.2, 0.25) is 0 Å². The quantitative estimate of drug-likeness (QED) is 0.485. The van der Waals surface area contributed by atoms with Gasteiger partial charge in [0.15, 0.2) is 11.6 Å². The molecule has 168 valence electrons. The number of benzene rings is 1. The average molecular weight is 460 g/mol. The molecule has 0 aliphatic carbocycles. The molecular formula is C24H25N7OS. The van der Waals surface area contributed by atoms with Gasteiger partial charge in [0.05, 0.1) is 35.1 Å². The lowest BCUT2D eigenvalue weighted by atomic mass is 10.1. The van der Waals surface area contributed by atoms with Gasteiger partial charge >= 0.3 is 0 Å². The SMILES string of the molecule is N#Cc1cc(-c2nc(N3CCOCC3)c3sc(CN4CCNCC4)cc3n2)c2cc[nH]c2c1. The number of piperazine rings is 1. The number of nitriles is 1. The Balaban J connectivity index is 1.49. The highest BCUT2D eigenvalue weighted by molar-refractivity contribution is 7.19. The number of nitrogens with one attached hydrogen (secondary N) is 2. The third kappa shape index (κ3) is 3.96. The number of aromatic amines is 1. The monoisotopic (exact) mass is 459 g/mol. The lowest BCUT2D eigenvalue weighted by Gasteiger charge is -2.28. The minimum absolute atomic E-state index is 0.598. The van der Waals surface area contributed by atoms with Crippen molar-refractivity contribution in [1.82, 2.24) is 25.2 Å². The summed E-state index contributed by atoms with van der Waals surface area (Å²) in [7, 11) is 0. The second-order valence-corrected chi connectivity index (χ2v) is 9.63. The fourth-order valence-electron chi connectivity index (χ4n) is 4.66.